The van der Waals surface area contributed by atoms with Gasteiger partial charge >= 0.3 is 5.97 Å². The van der Waals surface area contributed by atoms with Gasteiger partial charge in [0, 0.05) is 63.3 Å². The largest absolute Gasteiger partial charge is 0.462 e. The van der Waals surface area contributed by atoms with Crippen molar-refractivity contribution in [3.63, 3.8) is 0 Å². The summed E-state index contributed by atoms with van der Waals surface area (Å²) in [5.41, 5.74) is -0.545. The molecule has 0 amide bonds. The van der Waals surface area contributed by atoms with Gasteiger partial charge in [0.1, 0.15) is 6.10 Å². The maximum absolute atomic E-state index is 12.5. The molecule has 0 unspecified atom stereocenters. The minimum absolute atomic E-state index is 0.00384. The van der Waals surface area contributed by atoms with Crippen LogP contribution in [-0.2, 0) is 19.0 Å². The molecular weight excluding hydrogens is 394 g/mol. The number of nitrogens with zero attached hydrogens (tertiary/aromatic N) is 1. The first-order valence-electron chi connectivity index (χ1n) is 12.5. The highest BCUT2D eigenvalue weighted by molar-refractivity contribution is 5.66. The molecule has 1 heterocycles. The number of carbonyl (C=O) groups excluding carboxylic acids is 1. The lowest BCUT2D eigenvalue weighted by Gasteiger charge is -2.69. The number of methoxy groups -OCH3 is 2. The van der Waals surface area contributed by atoms with Crippen LogP contribution >= 0.6 is 0 Å². The monoisotopic (exact) mass is 433 g/mol. The fraction of sp³-hybridized carbons (Fsp3) is 0.960. The van der Waals surface area contributed by atoms with E-state index in [1.807, 2.05) is 7.11 Å². The maximum atomic E-state index is 12.5. The Bertz CT molecular complexity index is 790. The van der Waals surface area contributed by atoms with Gasteiger partial charge in [0.2, 0.25) is 0 Å². The van der Waals surface area contributed by atoms with Crippen LogP contribution in [0, 0.1) is 40.4 Å². The highest BCUT2D eigenvalue weighted by atomic mass is 16.5. The molecule has 6 aliphatic rings. The fourth-order valence-corrected chi connectivity index (χ4v) is 10.7. The van der Waals surface area contributed by atoms with Crippen molar-refractivity contribution >= 4 is 5.97 Å². The lowest BCUT2D eigenvalue weighted by molar-refractivity contribution is -0.271. The van der Waals surface area contributed by atoms with Crippen molar-refractivity contribution in [1.82, 2.24) is 4.90 Å². The summed E-state index contributed by atoms with van der Waals surface area (Å²) in [5.74, 6) is 0.979. The van der Waals surface area contributed by atoms with Crippen molar-refractivity contribution in [3.8, 4) is 0 Å². The molecule has 1 saturated heterocycles. The minimum Gasteiger partial charge on any atom is -0.462 e. The Morgan fingerprint density at radius 1 is 1.19 bits per heavy atom. The molecule has 0 aromatic rings. The number of carbonyl (C=O) groups is 1. The van der Waals surface area contributed by atoms with Crippen molar-refractivity contribution in [2.24, 2.45) is 40.4 Å². The summed E-state index contributed by atoms with van der Waals surface area (Å²) in [6.45, 7) is 8.43. The molecule has 0 aromatic carbocycles. The number of rotatable bonds is 4. The Morgan fingerprint density at radius 3 is 2.61 bits per heavy atom. The van der Waals surface area contributed by atoms with Crippen molar-refractivity contribution in [3.05, 3.63) is 0 Å². The molecule has 5 saturated carbocycles. The van der Waals surface area contributed by atoms with Crippen molar-refractivity contribution < 1.29 is 24.1 Å². The van der Waals surface area contributed by atoms with Gasteiger partial charge in [0.15, 0.2) is 0 Å². The van der Waals surface area contributed by atoms with Crippen LogP contribution in [0.4, 0.5) is 0 Å². The molecule has 12 atom stereocenters. The molecule has 6 rings (SSSR count). The zero-order valence-corrected chi connectivity index (χ0v) is 19.7. The van der Waals surface area contributed by atoms with Crippen LogP contribution in [0.15, 0.2) is 0 Å². The first-order chi connectivity index (χ1) is 14.8. The molecule has 5 aliphatic carbocycles. The van der Waals surface area contributed by atoms with Crippen LogP contribution < -0.4 is 0 Å². The average molecular weight is 434 g/mol. The lowest BCUT2D eigenvalue weighted by atomic mass is 9.43. The molecule has 1 N–H and O–H groups in total. The molecule has 31 heavy (non-hydrogen) atoms. The average Bonchev–Trinajstić information content (AvgIpc) is 3.17. The Balaban J connectivity index is 1.57. The van der Waals surface area contributed by atoms with E-state index < -0.39 is 5.60 Å². The van der Waals surface area contributed by atoms with Crippen molar-refractivity contribution in [2.75, 3.05) is 27.3 Å². The minimum atomic E-state index is -0.845. The Morgan fingerprint density at radius 2 is 1.97 bits per heavy atom. The van der Waals surface area contributed by atoms with Gasteiger partial charge in [-0.3, -0.25) is 9.69 Å². The number of hydrogen-bond acceptors (Lipinski definition) is 6. The normalized spacial score (nSPS) is 59.0. The van der Waals surface area contributed by atoms with E-state index in [1.165, 1.54) is 13.3 Å². The Labute approximate surface area is 186 Å². The van der Waals surface area contributed by atoms with E-state index in [1.54, 1.807) is 7.11 Å². The van der Waals surface area contributed by atoms with Gasteiger partial charge in [-0.05, 0) is 49.5 Å². The van der Waals surface area contributed by atoms with E-state index in [-0.39, 0.29) is 52.9 Å². The highest BCUT2D eigenvalue weighted by Crippen LogP contribution is 2.79. The number of likely N-dealkylation sites (tertiary alicyclic amines) is 1. The topological polar surface area (TPSA) is 68.2 Å². The Kier molecular flexibility index (Phi) is 4.35. The molecule has 0 radical (unpaired) electrons. The molecule has 6 fully saturated rings. The third kappa shape index (κ3) is 2.22. The van der Waals surface area contributed by atoms with E-state index in [0.717, 1.165) is 32.4 Å². The van der Waals surface area contributed by atoms with Crippen molar-refractivity contribution in [1.29, 1.82) is 0 Å². The van der Waals surface area contributed by atoms with Crippen LogP contribution in [0.1, 0.15) is 52.9 Å². The number of piperidine rings is 1. The quantitative estimate of drug-likeness (QED) is 0.687. The van der Waals surface area contributed by atoms with Crippen LogP contribution in [0.5, 0.6) is 0 Å². The van der Waals surface area contributed by atoms with E-state index >= 15 is 0 Å². The van der Waals surface area contributed by atoms with Gasteiger partial charge in [-0.1, -0.05) is 13.8 Å². The second-order valence-corrected chi connectivity index (χ2v) is 11.9. The van der Waals surface area contributed by atoms with E-state index in [9.17, 15) is 9.90 Å². The first kappa shape index (κ1) is 20.9. The third-order valence-corrected chi connectivity index (χ3v) is 11.2. The van der Waals surface area contributed by atoms with Crippen LogP contribution in [0.3, 0.4) is 0 Å². The molecule has 6 nitrogen and oxygen atoms in total. The summed E-state index contributed by atoms with van der Waals surface area (Å²) in [6, 6.07) is 0.347. The second-order valence-electron chi connectivity index (χ2n) is 11.9. The van der Waals surface area contributed by atoms with E-state index in [4.69, 9.17) is 14.2 Å². The van der Waals surface area contributed by atoms with Gasteiger partial charge in [0.05, 0.1) is 17.8 Å². The van der Waals surface area contributed by atoms with Gasteiger partial charge in [-0.25, -0.2) is 0 Å². The number of esters is 1. The summed E-state index contributed by atoms with van der Waals surface area (Å²) in [5, 5.41) is 12.5. The predicted molar refractivity (Wildman–Crippen MR) is 114 cm³/mol. The lowest BCUT2D eigenvalue weighted by Crippen LogP contribution is -2.75. The van der Waals surface area contributed by atoms with E-state index in [2.05, 4.69) is 18.7 Å². The summed E-state index contributed by atoms with van der Waals surface area (Å²) in [7, 11) is 3.65. The van der Waals surface area contributed by atoms with Crippen LogP contribution in [0.25, 0.3) is 0 Å². The molecule has 7 bridgehead atoms. The van der Waals surface area contributed by atoms with Crippen LogP contribution in [0.2, 0.25) is 0 Å². The summed E-state index contributed by atoms with van der Waals surface area (Å²) in [6.07, 6.45) is 4.91. The standard InChI is InChI=1S/C25H39NO5/c1-6-26-12-23(3)8-7-19(30-5)25-15-9-14-17(29-4)11-24(28,16(22(25)26)10-18(23)25)20(15)21(14)31-13(2)27/h14-22,28H,6-12H2,1-5H3/t14-,15-,16+,17+,18-,19-,20-,21-,22-,23+,24+,25-/m0/s1. The zero-order chi connectivity index (χ0) is 21.9. The summed E-state index contributed by atoms with van der Waals surface area (Å²) >= 11 is 0. The summed E-state index contributed by atoms with van der Waals surface area (Å²) < 4.78 is 18.3. The zero-order valence-electron chi connectivity index (χ0n) is 19.7. The number of ether oxygens (including phenoxy) is 3. The van der Waals surface area contributed by atoms with Gasteiger partial charge < -0.3 is 19.3 Å². The highest BCUT2D eigenvalue weighted by Gasteiger charge is 2.83. The second kappa shape index (κ2) is 6.46. The maximum Gasteiger partial charge on any atom is 0.302 e. The van der Waals surface area contributed by atoms with E-state index in [0.29, 0.717) is 24.3 Å². The molecule has 1 aliphatic heterocycles. The molecular formula is C25H39NO5. The first-order valence-corrected chi connectivity index (χ1v) is 12.5. The molecule has 174 valence electrons. The third-order valence-electron chi connectivity index (χ3n) is 11.2. The number of fused-ring (bicyclic) bond motifs is 2. The van der Waals surface area contributed by atoms with Crippen molar-refractivity contribution in [2.45, 2.75) is 82.8 Å². The Hall–Kier alpha value is -0.690. The molecule has 6 heteroatoms. The smallest absolute Gasteiger partial charge is 0.302 e. The number of hydrogen-bond donors (Lipinski definition) is 1. The summed E-state index contributed by atoms with van der Waals surface area (Å²) in [4.78, 5) is 14.8. The molecule has 0 aromatic heterocycles. The SMILES string of the molecule is CCN1C[C@@]2(C)CC[C@H](OC)[C@@]34[C@@H]1[C@@H](C[C@@H]23)[C@]1(O)C[C@@H](OC)[C@@H]2C[C@H]4[C@H]1[C@H]2OC(C)=O. The molecule has 1 spiro atoms. The van der Waals surface area contributed by atoms with Gasteiger partial charge in [-0.15, -0.1) is 0 Å². The fourth-order valence-electron chi connectivity index (χ4n) is 10.7. The van der Waals surface area contributed by atoms with Gasteiger partial charge in [-0.2, -0.15) is 0 Å². The predicted octanol–water partition coefficient (Wildman–Crippen LogP) is 2.48. The number of aliphatic hydroxyl groups is 1. The van der Waals surface area contributed by atoms with Gasteiger partial charge in [0.25, 0.3) is 0 Å². The van der Waals surface area contributed by atoms with Crippen LogP contribution in [-0.4, -0.2) is 73.2 Å².